The Labute approximate surface area is 368 Å². The maximum absolute atomic E-state index is 13.2. The molecule has 0 saturated carbocycles. The lowest BCUT2D eigenvalue weighted by molar-refractivity contribution is -0.144. The SMILES string of the molecule is C[C@H](NC(=O)CNC(=O)CNC(=O)CNC(=O)[C@@H]1CCCN1C(=O)CNC(=O)[C@H](CO)NC(=O)[C@@H](N)CCCN=C(N)N)C(=O)N1CCC[C@H]1C(=O)N[C@@H](CCCN=C(N)N)C(=O)O. The van der Waals surface area contributed by atoms with Gasteiger partial charge in [-0.3, -0.25) is 53.1 Å². The van der Waals surface area contributed by atoms with Gasteiger partial charge in [-0.15, -0.1) is 0 Å². The van der Waals surface area contributed by atoms with Crippen LogP contribution in [0.2, 0.25) is 0 Å². The van der Waals surface area contributed by atoms with Crippen molar-refractivity contribution in [3.8, 4) is 0 Å². The minimum atomic E-state index is -1.42. The highest BCUT2D eigenvalue weighted by Gasteiger charge is 2.38. The van der Waals surface area contributed by atoms with Crippen LogP contribution >= 0.6 is 0 Å². The summed E-state index contributed by atoms with van der Waals surface area (Å²) in [6, 6.07) is -6.76. The van der Waals surface area contributed by atoms with Gasteiger partial charge in [-0.1, -0.05) is 0 Å². The van der Waals surface area contributed by atoms with Gasteiger partial charge >= 0.3 is 5.97 Å². The first-order valence-corrected chi connectivity index (χ1v) is 20.5. The molecule has 6 atom stereocenters. The van der Waals surface area contributed by atoms with Gasteiger partial charge < -0.3 is 85.9 Å². The molecule has 2 rings (SSSR count). The second-order valence-electron chi connectivity index (χ2n) is 14.9. The maximum atomic E-state index is 13.2. The van der Waals surface area contributed by atoms with E-state index >= 15 is 0 Å². The smallest absolute Gasteiger partial charge is 0.326 e. The fourth-order valence-electron chi connectivity index (χ4n) is 6.55. The third kappa shape index (κ3) is 18.6. The van der Waals surface area contributed by atoms with Gasteiger partial charge in [0.15, 0.2) is 11.9 Å². The summed E-state index contributed by atoms with van der Waals surface area (Å²) in [6.07, 6.45) is 2.29. The third-order valence-electron chi connectivity index (χ3n) is 9.87. The molecule has 19 N–H and O–H groups in total. The Bertz CT molecular complexity index is 1760. The molecular formula is C36H62N16O12. The van der Waals surface area contributed by atoms with Crippen LogP contribution < -0.4 is 65.9 Å². The molecular weight excluding hydrogens is 848 g/mol. The average Bonchev–Trinajstić information content (AvgIpc) is 3.95. The van der Waals surface area contributed by atoms with E-state index in [1.807, 2.05) is 0 Å². The molecule has 2 saturated heterocycles. The van der Waals surface area contributed by atoms with Crippen LogP contribution in [-0.4, -0.2) is 186 Å². The highest BCUT2D eigenvalue weighted by molar-refractivity contribution is 5.96. The van der Waals surface area contributed by atoms with E-state index in [4.69, 9.17) is 28.7 Å². The predicted molar refractivity (Wildman–Crippen MR) is 225 cm³/mol. The number of nitrogens with one attached hydrogen (secondary N) is 7. The molecule has 0 aliphatic carbocycles. The zero-order valence-corrected chi connectivity index (χ0v) is 35.6. The Morgan fingerprint density at radius 1 is 0.641 bits per heavy atom. The standard InChI is InChI=1S/C36H62N16O12/c1-19(33(62)52-13-5-9-24(52)32(61)49-21(34(63)64)7-3-11-43-36(40)41)48-27(56)16-45-25(54)14-44-26(55)15-46-31(60)23-8-4-12-51(23)28(57)17-47-30(59)22(18-53)50-29(58)20(37)6-2-10-42-35(38)39/h19-24,53H,2-18,37H2,1H3,(H,44,55)(H,45,54)(H,46,60)(H,47,59)(H,48,56)(H,49,61)(H,50,58)(H,63,64)(H4,38,39,42)(H4,40,41,43)/t19-,20-,21-,22-,23-,24-/m0/s1. The number of carboxylic acid groups (broad SMARTS) is 1. The van der Waals surface area contributed by atoms with Crippen molar-refractivity contribution in [2.24, 2.45) is 38.7 Å². The number of carbonyl (C=O) groups excluding carboxylic acids is 9. The van der Waals surface area contributed by atoms with Gasteiger partial charge in [0.05, 0.1) is 38.8 Å². The van der Waals surface area contributed by atoms with Gasteiger partial charge in [-0.25, -0.2) is 4.79 Å². The number of likely N-dealkylation sites (tertiary alicyclic amines) is 2. The monoisotopic (exact) mass is 910 g/mol. The number of rotatable bonds is 26. The molecule has 0 aromatic heterocycles. The van der Waals surface area contributed by atoms with Crippen molar-refractivity contribution in [3.05, 3.63) is 0 Å². The van der Waals surface area contributed by atoms with Crippen molar-refractivity contribution in [1.82, 2.24) is 47.0 Å². The Balaban J connectivity index is 1.73. The fraction of sp³-hybridized carbons (Fsp3) is 0.667. The highest BCUT2D eigenvalue weighted by Crippen LogP contribution is 2.20. The lowest BCUT2D eigenvalue weighted by atomic mass is 10.1. The third-order valence-corrected chi connectivity index (χ3v) is 9.87. The van der Waals surface area contributed by atoms with Crippen molar-refractivity contribution in [1.29, 1.82) is 0 Å². The van der Waals surface area contributed by atoms with Crippen LogP contribution in [0.25, 0.3) is 0 Å². The van der Waals surface area contributed by atoms with Gasteiger partial charge in [0.1, 0.15) is 30.2 Å². The maximum Gasteiger partial charge on any atom is 0.326 e. The van der Waals surface area contributed by atoms with Crippen LogP contribution in [0.3, 0.4) is 0 Å². The highest BCUT2D eigenvalue weighted by atomic mass is 16.4. The molecule has 0 spiro atoms. The number of aliphatic hydroxyl groups excluding tert-OH is 1. The quantitative estimate of drug-likeness (QED) is 0.0218. The van der Waals surface area contributed by atoms with Crippen LogP contribution in [0.5, 0.6) is 0 Å². The molecule has 64 heavy (non-hydrogen) atoms. The summed E-state index contributed by atoms with van der Waals surface area (Å²) in [5.74, 6) is -8.04. The summed E-state index contributed by atoms with van der Waals surface area (Å²) in [7, 11) is 0. The second-order valence-corrected chi connectivity index (χ2v) is 14.9. The number of hydrogen-bond donors (Lipinski definition) is 14. The lowest BCUT2D eigenvalue weighted by Crippen LogP contribution is -2.55. The topological polar surface area (TPSA) is 457 Å². The normalized spacial score (nSPS) is 17.3. The molecule has 28 heteroatoms. The van der Waals surface area contributed by atoms with Gasteiger partial charge in [-0.2, -0.15) is 0 Å². The number of aliphatic hydroxyl groups is 1. The molecule has 0 unspecified atom stereocenters. The number of nitrogens with zero attached hydrogens (tertiary/aromatic N) is 4. The van der Waals surface area contributed by atoms with Crippen LogP contribution in [0, 0.1) is 0 Å². The molecule has 2 heterocycles. The zero-order chi connectivity index (χ0) is 47.9. The number of aliphatic imine (C=N–C) groups is 2. The number of aliphatic carboxylic acids is 1. The van der Waals surface area contributed by atoms with E-state index < -0.39 is 128 Å². The van der Waals surface area contributed by atoms with Gasteiger partial charge in [0.25, 0.3) is 0 Å². The number of guanidine groups is 2. The summed E-state index contributed by atoms with van der Waals surface area (Å²) in [5, 5.41) is 35.6. The molecule has 0 radical (unpaired) electrons. The van der Waals surface area contributed by atoms with E-state index in [0.29, 0.717) is 19.3 Å². The number of carboxylic acids is 1. The number of carbonyl (C=O) groups is 10. The van der Waals surface area contributed by atoms with Crippen molar-refractivity contribution >= 4 is 71.1 Å². The Morgan fingerprint density at radius 2 is 1.17 bits per heavy atom. The molecule has 358 valence electrons. The summed E-state index contributed by atoms with van der Waals surface area (Å²) in [6.45, 7) is -0.962. The van der Waals surface area contributed by atoms with E-state index in [2.05, 4.69) is 47.2 Å². The second kappa shape index (κ2) is 27.3. The number of nitrogens with two attached hydrogens (primary N) is 5. The lowest BCUT2D eigenvalue weighted by Gasteiger charge is -2.28. The number of hydrogen-bond acceptors (Lipinski definition) is 14. The van der Waals surface area contributed by atoms with Crippen LogP contribution in [-0.2, 0) is 47.9 Å². The van der Waals surface area contributed by atoms with Crippen LogP contribution in [0.1, 0.15) is 58.3 Å². The Hall–Kier alpha value is -6.84. The van der Waals surface area contributed by atoms with Crippen molar-refractivity contribution in [3.63, 3.8) is 0 Å². The Morgan fingerprint density at radius 3 is 1.73 bits per heavy atom. The first-order chi connectivity index (χ1) is 30.2. The molecule has 2 fully saturated rings. The van der Waals surface area contributed by atoms with Gasteiger partial charge in [0.2, 0.25) is 53.2 Å². The predicted octanol–water partition coefficient (Wildman–Crippen LogP) is -8.58. The molecule has 0 aromatic carbocycles. The first kappa shape index (κ1) is 53.3. The van der Waals surface area contributed by atoms with Crippen LogP contribution in [0.4, 0.5) is 0 Å². The summed E-state index contributed by atoms with van der Waals surface area (Å²) in [4.78, 5) is 136. The number of amides is 9. The van der Waals surface area contributed by atoms with Crippen LogP contribution in [0.15, 0.2) is 9.98 Å². The minimum absolute atomic E-state index is 0.0369. The van der Waals surface area contributed by atoms with E-state index in [0.717, 1.165) is 0 Å². The molecule has 2 aliphatic rings. The fourth-order valence-corrected chi connectivity index (χ4v) is 6.55. The first-order valence-electron chi connectivity index (χ1n) is 20.5. The molecule has 2 aliphatic heterocycles. The van der Waals surface area contributed by atoms with Crippen molar-refractivity contribution < 1.29 is 58.2 Å². The van der Waals surface area contributed by atoms with Crippen molar-refractivity contribution in [2.75, 3.05) is 59.0 Å². The minimum Gasteiger partial charge on any atom is -0.480 e. The van der Waals surface area contributed by atoms with E-state index in [-0.39, 0.29) is 70.2 Å². The summed E-state index contributed by atoms with van der Waals surface area (Å²) < 4.78 is 0. The largest absolute Gasteiger partial charge is 0.480 e. The summed E-state index contributed by atoms with van der Waals surface area (Å²) >= 11 is 0. The van der Waals surface area contributed by atoms with Crippen molar-refractivity contribution in [2.45, 2.75) is 94.5 Å². The molecule has 0 aromatic rings. The Kier molecular flexibility index (Phi) is 22.7. The molecule has 9 amide bonds. The van der Waals surface area contributed by atoms with E-state index in [1.165, 1.54) is 16.7 Å². The van der Waals surface area contributed by atoms with E-state index in [1.54, 1.807) is 0 Å². The average molecular weight is 911 g/mol. The van der Waals surface area contributed by atoms with Gasteiger partial charge in [-0.05, 0) is 58.3 Å². The zero-order valence-electron chi connectivity index (χ0n) is 35.6. The van der Waals surface area contributed by atoms with E-state index in [9.17, 15) is 58.2 Å². The molecule has 28 nitrogen and oxygen atoms in total. The van der Waals surface area contributed by atoms with Gasteiger partial charge in [0, 0.05) is 26.2 Å². The summed E-state index contributed by atoms with van der Waals surface area (Å²) in [5.41, 5.74) is 26.9. The molecule has 0 bridgehead atoms.